The molecule has 0 aliphatic carbocycles. The van der Waals surface area contributed by atoms with Gasteiger partial charge in [-0.15, -0.1) is 0 Å². The highest BCUT2D eigenvalue weighted by Gasteiger charge is 2.33. The molecule has 1 aliphatic rings. The lowest BCUT2D eigenvalue weighted by atomic mass is 10.1. The van der Waals surface area contributed by atoms with Crippen molar-refractivity contribution in [3.05, 3.63) is 59.9 Å². The molecule has 1 heterocycles. The van der Waals surface area contributed by atoms with Crippen molar-refractivity contribution in [2.75, 3.05) is 19.7 Å². The van der Waals surface area contributed by atoms with E-state index in [1.54, 1.807) is 26.0 Å². The van der Waals surface area contributed by atoms with E-state index in [-0.39, 0.29) is 18.5 Å². The molecule has 2 N–H and O–H groups in total. The van der Waals surface area contributed by atoms with Crippen LogP contribution >= 0.6 is 0 Å². The minimum absolute atomic E-state index is 0.226. The van der Waals surface area contributed by atoms with Crippen LogP contribution in [0.1, 0.15) is 19.4 Å². The van der Waals surface area contributed by atoms with E-state index in [1.165, 1.54) is 12.1 Å². The minimum atomic E-state index is -0.874. The Morgan fingerprint density at radius 1 is 1.11 bits per heavy atom. The molecule has 1 fully saturated rings. The highest BCUT2D eigenvalue weighted by atomic mass is 19.1. The molecular formula is C21H26FNO4. The maximum atomic E-state index is 13.3. The van der Waals surface area contributed by atoms with Gasteiger partial charge in [-0.25, -0.2) is 4.39 Å². The lowest BCUT2D eigenvalue weighted by Gasteiger charge is -2.19. The Bertz CT molecular complexity index is 745. The van der Waals surface area contributed by atoms with Crippen LogP contribution in [0, 0.1) is 5.82 Å². The molecule has 0 amide bonds. The van der Waals surface area contributed by atoms with Gasteiger partial charge in [-0.1, -0.05) is 18.2 Å². The second-order valence-electron chi connectivity index (χ2n) is 7.62. The zero-order valence-electron chi connectivity index (χ0n) is 15.6. The van der Waals surface area contributed by atoms with Crippen molar-refractivity contribution >= 4 is 0 Å². The van der Waals surface area contributed by atoms with Gasteiger partial charge in [0.05, 0.1) is 5.60 Å². The number of nitrogens with zero attached hydrogens (tertiary/aromatic N) is 1. The molecule has 1 saturated heterocycles. The summed E-state index contributed by atoms with van der Waals surface area (Å²) in [5.74, 6) is 0.771. The summed E-state index contributed by atoms with van der Waals surface area (Å²) in [5.41, 5.74) is 0.213. The quantitative estimate of drug-likeness (QED) is 0.779. The van der Waals surface area contributed by atoms with E-state index in [9.17, 15) is 14.6 Å². The molecule has 0 bridgehead atoms. The normalized spacial score (nSPS) is 20.6. The van der Waals surface area contributed by atoms with Crippen LogP contribution in [0.4, 0.5) is 4.39 Å². The number of aliphatic hydroxyl groups excluding tert-OH is 1. The Labute approximate surface area is 159 Å². The lowest BCUT2D eigenvalue weighted by molar-refractivity contribution is 0.0285. The molecule has 5 nitrogen and oxygen atoms in total. The summed E-state index contributed by atoms with van der Waals surface area (Å²) in [7, 11) is 0. The Hall–Kier alpha value is -2.15. The fourth-order valence-electron chi connectivity index (χ4n) is 3.00. The molecule has 27 heavy (non-hydrogen) atoms. The summed E-state index contributed by atoms with van der Waals surface area (Å²) in [6.45, 7) is 5.35. The molecule has 0 saturated carbocycles. The monoisotopic (exact) mass is 375 g/mol. The van der Waals surface area contributed by atoms with Crippen LogP contribution in [0.2, 0.25) is 0 Å². The van der Waals surface area contributed by atoms with Crippen molar-refractivity contribution < 1.29 is 24.1 Å². The summed E-state index contributed by atoms with van der Waals surface area (Å²) in [4.78, 5) is 2.10. The van der Waals surface area contributed by atoms with Crippen LogP contribution in [-0.4, -0.2) is 52.6 Å². The van der Waals surface area contributed by atoms with Crippen molar-refractivity contribution in [3.63, 3.8) is 0 Å². The summed E-state index contributed by atoms with van der Waals surface area (Å²) in [6, 6.07) is 13.6. The Kier molecular flexibility index (Phi) is 5.99. The number of aliphatic hydroxyl groups is 2. The minimum Gasteiger partial charge on any atom is -0.491 e. The second kappa shape index (κ2) is 8.25. The molecule has 1 aliphatic heterocycles. The van der Waals surface area contributed by atoms with Crippen LogP contribution in [0.15, 0.2) is 48.5 Å². The van der Waals surface area contributed by atoms with Gasteiger partial charge in [-0.3, -0.25) is 4.90 Å². The average molecular weight is 375 g/mol. The van der Waals surface area contributed by atoms with Gasteiger partial charge in [0.15, 0.2) is 0 Å². The third-order valence-corrected chi connectivity index (χ3v) is 4.32. The number of ether oxygens (including phenoxy) is 2. The molecule has 3 rings (SSSR count). The van der Waals surface area contributed by atoms with Gasteiger partial charge in [-0.2, -0.15) is 0 Å². The molecule has 2 aromatic rings. The van der Waals surface area contributed by atoms with E-state index >= 15 is 0 Å². The smallest absolute Gasteiger partial charge is 0.138 e. The van der Waals surface area contributed by atoms with Crippen LogP contribution in [-0.2, 0) is 6.54 Å². The molecule has 2 atom stereocenters. The van der Waals surface area contributed by atoms with Crippen molar-refractivity contribution in [1.82, 2.24) is 4.90 Å². The fraction of sp³-hybridized carbons (Fsp3) is 0.429. The van der Waals surface area contributed by atoms with Crippen LogP contribution in [0.25, 0.3) is 0 Å². The van der Waals surface area contributed by atoms with E-state index in [1.807, 2.05) is 24.3 Å². The predicted molar refractivity (Wildman–Crippen MR) is 100 cm³/mol. The zero-order chi connectivity index (χ0) is 19.4. The van der Waals surface area contributed by atoms with E-state index in [0.29, 0.717) is 31.1 Å². The molecule has 0 radical (unpaired) electrons. The highest BCUT2D eigenvalue weighted by Crippen LogP contribution is 2.22. The lowest BCUT2D eigenvalue weighted by Crippen LogP contribution is -2.29. The van der Waals surface area contributed by atoms with E-state index < -0.39 is 11.7 Å². The predicted octanol–water partition coefficient (Wildman–Crippen LogP) is 2.60. The number of likely N-dealkylation sites (tertiary alicyclic amines) is 1. The molecule has 146 valence electrons. The van der Waals surface area contributed by atoms with Gasteiger partial charge in [0.25, 0.3) is 0 Å². The first-order valence-corrected chi connectivity index (χ1v) is 9.05. The number of rotatable bonds is 7. The second-order valence-corrected chi connectivity index (χ2v) is 7.62. The topological polar surface area (TPSA) is 62.2 Å². The summed E-state index contributed by atoms with van der Waals surface area (Å²) in [5, 5.41) is 20.0. The molecule has 0 spiro atoms. The average Bonchev–Trinajstić information content (AvgIpc) is 2.93. The summed E-state index contributed by atoms with van der Waals surface area (Å²) < 4.78 is 24.6. The van der Waals surface area contributed by atoms with Gasteiger partial charge in [0, 0.05) is 25.7 Å². The first-order chi connectivity index (χ1) is 12.8. The van der Waals surface area contributed by atoms with Gasteiger partial charge >= 0.3 is 0 Å². The Morgan fingerprint density at radius 2 is 1.85 bits per heavy atom. The van der Waals surface area contributed by atoms with Gasteiger partial charge in [0.2, 0.25) is 0 Å². The number of halogens is 1. The van der Waals surface area contributed by atoms with Crippen LogP contribution < -0.4 is 9.47 Å². The maximum Gasteiger partial charge on any atom is 0.138 e. The SMILES string of the molecule is CC(C)(O)COc1ccc(CN2C[C@H](Oc3cccc(F)c3)[C@@H](O)C2)cc1. The highest BCUT2D eigenvalue weighted by molar-refractivity contribution is 5.27. The summed E-state index contributed by atoms with van der Waals surface area (Å²) in [6.07, 6.45) is -1.01. The molecule has 0 aromatic heterocycles. The van der Waals surface area contributed by atoms with Gasteiger partial charge < -0.3 is 19.7 Å². The van der Waals surface area contributed by atoms with Crippen molar-refractivity contribution in [2.45, 2.75) is 38.2 Å². The van der Waals surface area contributed by atoms with E-state index in [4.69, 9.17) is 9.47 Å². The van der Waals surface area contributed by atoms with Crippen molar-refractivity contribution in [3.8, 4) is 11.5 Å². The van der Waals surface area contributed by atoms with Crippen molar-refractivity contribution in [1.29, 1.82) is 0 Å². The number of hydrogen-bond acceptors (Lipinski definition) is 5. The largest absolute Gasteiger partial charge is 0.491 e. The number of benzene rings is 2. The standard InChI is InChI=1S/C21H26FNO4/c1-21(2,25)14-26-17-8-6-15(7-9-17)11-23-12-19(24)20(13-23)27-18-5-3-4-16(22)10-18/h3-10,19-20,24-25H,11-14H2,1-2H3/t19-,20-/m0/s1. The van der Waals surface area contributed by atoms with Crippen LogP contribution in [0.3, 0.4) is 0 Å². The van der Waals surface area contributed by atoms with E-state index in [2.05, 4.69) is 4.90 Å². The van der Waals surface area contributed by atoms with E-state index in [0.717, 1.165) is 5.56 Å². The van der Waals surface area contributed by atoms with Gasteiger partial charge in [-0.05, 0) is 43.7 Å². The first kappa shape index (κ1) is 19.6. The molecule has 0 unspecified atom stereocenters. The molecule has 6 heteroatoms. The number of β-amino-alcohol motifs (C(OH)–C–C–N with tert-alkyl or cyclic N) is 1. The van der Waals surface area contributed by atoms with Crippen LogP contribution in [0.5, 0.6) is 11.5 Å². The Balaban J connectivity index is 1.52. The fourth-order valence-corrected chi connectivity index (χ4v) is 3.00. The van der Waals surface area contributed by atoms with Crippen molar-refractivity contribution in [2.24, 2.45) is 0 Å². The Morgan fingerprint density at radius 3 is 2.52 bits per heavy atom. The number of hydrogen-bond donors (Lipinski definition) is 2. The maximum absolute atomic E-state index is 13.3. The molecule has 2 aromatic carbocycles. The third kappa shape index (κ3) is 5.92. The molecular weight excluding hydrogens is 349 g/mol. The first-order valence-electron chi connectivity index (χ1n) is 9.05. The third-order valence-electron chi connectivity index (χ3n) is 4.32. The van der Waals surface area contributed by atoms with Gasteiger partial charge in [0.1, 0.15) is 36.1 Å². The summed E-state index contributed by atoms with van der Waals surface area (Å²) >= 11 is 0. The zero-order valence-corrected chi connectivity index (χ0v) is 15.6.